The molecule has 0 radical (unpaired) electrons. The van der Waals surface area contributed by atoms with Crippen molar-refractivity contribution in [1.82, 2.24) is 9.99 Å². The number of para-hydroxylation sites is 2. The number of hydrogen-bond acceptors (Lipinski definition) is 3. The highest BCUT2D eigenvalue weighted by atomic mass is 79.9. The number of amides is 1. The van der Waals surface area contributed by atoms with Crippen molar-refractivity contribution >= 4 is 50.6 Å². The van der Waals surface area contributed by atoms with Gasteiger partial charge in [0.25, 0.3) is 5.91 Å². The number of benzene rings is 4. The van der Waals surface area contributed by atoms with E-state index in [0.29, 0.717) is 16.3 Å². The molecule has 0 saturated heterocycles. The Hall–Kier alpha value is -3.87. The minimum Gasteiger partial charge on any atom is -0.488 e. The minimum atomic E-state index is -0.357. The molecule has 7 heteroatoms. The maximum absolute atomic E-state index is 12.9. The second-order valence-corrected chi connectivity index (χ2v) is 9.75. The van der Waals surface area contributed by atoms with Crippen molar-refractivity contribution in [3.05, 3.63) is 135 Å². The number of carbonyl (C=O) groups is 1. The second kappa shape index (κ2) is 11.5. The molecule has 0 aliphatic rings. The molecular formula is C30H23BrClN3O2. The molecule has 1 heterocycles. The van der Waals surface area contributed by atoms with Gasteiger partial charge in [-0.1, -0.05) is 88.2 Å². The quantitative estimate of drug-likeness (QED) is 0.155. The van der Waals surface area contributed by atoms with E-state index in [9.17, 15) is 4.79 Å². The second-order valence-electron chi connectivity index (χ2n) is 8.43. The molecule has 1 amide bonds. The van der Waals surface area contributed by atoms with E-state index < -0.39 is 0 Å². The van der Waals surface area contributed by atoms with E-state index in [1.807, 2.05) is 60.8 Å². The predicted molar refractivity (Wildman–Crippen MR) is 152 cm³/mol. The maximum Gasteiger partial charge on any atom is 0.275 e. The van der Waals surface area contributed by atoms with Crippen LogP contribution in [-0.2, 0) is 13.2 Å². The van der Waals surface area contributed by atoms with Crippen LogP contribution in [0.5, 0.6) is 5.75 Å². The fourth-order valence-corrected chi connectivity index (χ4v) is 4.52. The number of aromatic nitrogens is 1. The van der Waals surface area contributed by atoms with Crippen LogP contribution in [0.1, 0.15) is 27.0 Å². The molecule has 0 saturated carbocycles. The summed E-state index contributed by atoms with van der Waals surface area (Å²) in [4.78, 5) is 12.9. The van der Waals surface area contributed by atoms with E-state index in [4.69, 9.17) is 16.3 Å². The van der Waals surface area contributed by atoms with Crippen molar-refractivity contribution < 1.29 is 9.53 Å². The van der Waals surface area contributed by atoms with Gasteiger partial charge >= 0.3 is 0 Å². The number of nitrogens with zero attached hydrogens (tertiary/aromatic N) is 2. The lowest BCUT2D eigenvalue weighted by molar-refractivity contribution is 0.0950. The third-order valence-corrected chi connectivity index (χ3v) is 6.83. The molecular weight excluding hydrogens is 550 g/mol. The fourth-order valence-electron chi connectivity index (χ4n) is 4.07. The third-order valence-electron chi connectivity index (χ3n) is 5.93. The number of fused-ring (bicyclic) bond motifs is 1. The molecule has 0 aliphatic carbocycles. The Morgan fingerprint density at radius 3 is 2.51 bits per heavy atom. The highest BCUT2D eigenvalue weighted by Crippen LogP contribution is 2.23. The molecule has 0 atom stereocenters. The zero-order valence-corrected chi connectivity index (χ0v) is 22.1. The molecule has 184 valence electrons. The van der Waals surface area contributed by atoms with Crippen molar-refractivity contribution in [3.8, 4) is 5.75 Å². The lowest BCUT2D eigenvalue weighted by Gasteiger charge is -2.11. The molecule has 4 aromatic carbocycles. The van der Waals surface area contributed by atoms with Gasteiger partial charge in [0.2, 0.25) is 0 Å². The molecule has 0 fully saturated rings. The molecule has 1 aromatic heterocycles. The van der Waals surface area contributed by atoms with Crippen LogP contribution in [0.4, 0.5) is 0 Å². The molecule has 0 bridgehead atoms. The standard InChI is InChI=1S/C30H23BrClN3O2/c31-24-15-13-21(14-16-24)18-35-19-23(25-8-2-5-11-28(25)35)17-33-34-30(36)26-9-3-6-12-29(26)37-20-22-7-1-4-10-27(22)32/h1-17,19H,18,20H2,(H,34,36)/b33-17-. The van der Waals surface area contributed by atoms with Gasteiger partial charge in [0.15, 0.2) is 0 Å². The Kier molecular flexibility index (Phi) is 7.68. The van der Waals surface area contributed by atoms with Gasteiger partial charge in [0, 0.05) is 44.3 Å². The molecule has 0 unspecified atom stereocenters. The third kappa shape index (κ3) is 5.93. The van der Waals surface area contributed by atoms with Crippen LogP contribution in [0.25, 0.3) is 10.9 Å². The molecule has 0 spiro atoms. The SMILES string of the molecule is O=C(N/N=C\c1cn(Cc2ccc(Br)cc2)c2ccccc12)c1ccccc1OCc1ccccc1Cl. The Labute approximate surface area is 228 Å². The summed E-state index contributed by atoms with van der Waals surface area (Å²) in [6, 6.07) is 30.9. The number of halogens is 2. The van der Waals surface area contributed by atoms with Crippen LogP contribution in [0, 0.1) is 0 Å². The van der Waals surface area contributed by atoms with Gasteiger partial charge in [0.05, 0.1) is 11.8 Å². The normalized spacial score (nSPS) is 11.2. The Morgan fingerprint density at radius 1 is 0.946 bits per heavy atom. The zero-order valence-electron chi connectivity index (χ0n) is 19.8. The van der Waals surface area contributed by atoms with Crippen LogP contribution in [-0.4, -0.2) is 16.7 Å². The van der Waals surface area contributed by atoms with E-state index >= 15 is 0 Å². The Bertz CT molecular complexity index is 1580. The number of ether oxygens (including phenoxy) is 1. The van der Waals surface area contributed by atoms with Crippen molar-refractivity contribution in [3.63, 3.8) is 0 Å². The summed E-state index contributed by atoms with van der Waals surface area (Å²) < 4.78 is 9.14. The first kappa shape index (κ1) is 24.8. The summed E-state index contributed by atoms with van der Waals surface area (Å²) in [6.45, 7) is 0.981. The van der Waals surface area contributed by atoms with Gasteiger partial charge in [0.1, 0.15) is 12.4 Å². The van der Waals surface area contributed by atoms with Crippen LogP contribution in [0.2, 0.25) is 5.02 Å². The van der Waals surface area contributed by atoms with Gasteiger partial charge in [-0.2, -0.15) is 5.10 Å². The lowest BCUT2D eigenvalue weighted by atomic mass is 10.2. The van der Waals surface area contributed by atoms with E-state index in [1.54, 1.807) is 24.4 Å². The van der Waals surface area contributed by atoms with Gasteiger partial charge in [-0.25, -0.2) is 5.43 Å². The average Bonchev–Trinajstić information content (AvgIpc) is 3.27. The Balaban J connectivity index is 1.31. The summed E-state index contributed by atoms with van der Waals surface area (Å²) >= 11 is 9.72. The molecule has 5 rings (SSSR count). The molecule has 5 nitrogen and oxygen atoms in total. The van der Waals surface area contributed by atoms with E-state index in [1.165, 1.54) is 5.56 Å². The summed E-state index contributed by atoms with van der Waals surface area (Å²) in [7, 11) is 0. The number of carbonyl (C=O) groups excluding carboxylic acids is 1. The molecule has 37 heavy (non-hydrogen) atoms. The van der Waals surface area contributed by atoms with Crippen molar-refractivity contribution in [2.24, 2.45) is 5.10 Å². The van der Waals surface area contributed by atoms with Crippen LogP contribution >= 0.6 is 27.5 Å². The fraction of sp³-hybridized carbons (Fsp3) is 0.0667. The molecule has 1 N–H and O–H groups in total. The first-order valence-corrected chi connectivity index (χ1v) is 12.9. The van der Waals surface area contributed by atoms with Crippen LogP contribution < -0.4 is 10.2 Å². The van der Waals surface area contributed by atoms with E-state index in [0.717, 1.165) is 33.0 Å². The van der Waals surface area contributed by atoms with Crippen molar-refractivity contribution in [1.29, 1.82) is 0 Å². The summed E-state index contributed by atoms with van der Waals surface area (Å²) in [5, 5.41) is 5.93. The summed E-state index contributed by atoms with van der Waals surface area (Å²) in [5.74, 6) is 0.103. The topological polar surface area (TPSA) is 55.6 Å². The van der Waals surface area contributed by atoms with Crippen LogP contribution in [0.15, 0.2) is 113 Å². The maximum atomic E-state index is 12.9. The van der Waals surface area contributed by atoms with Crippen molar-refractivity contribution in [2.45, 2.75) is 13.2 Å². The number of hydrogen-bond donors (Lipinski definition) is 1. The first-order chi connectivity index (χ1) is 18.1. The van der Waals surface area contributed by atoms with Gasteiger partial charge in [-0.3, -0.25) is 4.79 Å². The first-order valence-electron chi connectivity index (χ1n) is 11.7. The number of hydrazone groups is 1. The monoisotopic (exact) mass is 571 g/mol. The predicted octanol–water partition coefficient (Wildman–Crippen LogP) is 7.45. The smallest absolute Gasteiger partial charge is 0.275 e. The number of rotatable bonds is 8. The van der Waals surface area contributed by atoms with E-state index in [2.05, 4.69) is 55.3 Å². The highest BCUT2D eigenvalue weighted by molar-refractivity contribution is 9.10. The lowest BCUT2D eigenvalue weighted by Crippen LogP contribution is -2.18. The summed E-state index contributed by atoms with van der Waals surface area (Å²) in [6.07, 6.45) is 3.72. The minimum absolute atomic E-state index is 0.255. The zero-order chi connectivity index (χ0) is 25.6. The highest BCUT2D eigenvalue weighted by Gasteiger charge is 2.13. The summed E-state index contributed by atoms with van der Waals surface area (Å²) in [5.41, 5.74) is 7.07. The van der Waals surface area contributed by atoms with Gasteiger partial charge in [-0.05, 0) is 42.0 Å². The van der Waals surface area contributed by atoms with Crippen LogP contribution in [0.3, 0.4) is 0 Å². The molecule has 5 aromatic rings. The largest absolute Gasteiger partial charge is 0.488 e. The van der Waals surface area contributed by atoms with Gasteiger partial charge < -0.3 is 9.30 Å². The van der Waals surface area contributed by atoms with E-state index in [-0.39, 0.29) is 12.5 Å². The number of nitrogens with one attached hydrogen (secondary N) is 1. The van der Waals surface area contributed by atoms with Crippen molar-refractivity contribution in [2.75, 3.05) is 0 Å². The van der Waals surface area contributed by atoms with Gasteiger partial charge in [-0.15, -0.1) is 0 Å². The molecule has 0 aliphatic heterocycles. The average molecular weight is 573 g/mol. The Morgan fingerprint density at radius 2 is 1.68 bits per heavy atom.